The molecule has 28 heavy (non-hydrogen) atoms. The van der Waals surface area contributed by atoms with Crippen LogP contribution in [-0.4, -0.2) is 33.0 Å². The van der Waals surface area contributed by atoms with Crippen molar-refractivity contribution in [1.29, 1.82) is 0 Å². The first-order valence-electron chi connectivity index (χ1n) is 10.1. The van der Waals surface area contributed by atoms with E-state index in [2.05, 4.69) is 53.0 Å². The van der Waals surface area contributed by atoms with Crippen LogP contribution in [0.2, 0.25) is 0 Å². The number of amides is 1. The Morgan fingerprint density at radius 3 is 2.68 bits per heavy atom. The van der Waals surface area contributed by atoms with Gasteiger partial charge in [-0.3, -0.25) is 4.79 Å². The molecule has 2 aromatic rings. The Labute approximate surface area is 171 Å². The fourth-order valence-electron chi connectivity index (χ4n) is 2.81. The van der Waals surface area contributed by atoms with Gasteiger partial charge in [-0.05, 0) is 48.8 Å². The van der Waals surface area contributed by atoms with Crippen LogP contribution in [0.1, 0.15) is 45.0 Å². The number of carbonyl (C=O) groups is 1. The average Bonchev–Trinajstić information content (AvgIpc) is 3.45. The lowest BCUT2D eigenvalue weighted by Gasteiger charge is -2.13. The van der Waals surface area contributed by atoms with Gasteiger partial charge in [-0.15, -0.1) is 10.2 Å². The monoisotopic (exact) mass is 402 g/mol. The molecule has 1 aromatic carbocycles. The number of rotatable bonds is 11. The van der Waals surface area contributed by atoms with E-state index < -0.39 is 0 Å². The number of aromatic nitrogens is 3. The van der Waals surface area contributed by atoms with E-state index >= 15 is 0 Å². The number of benzene rings is 1. The van der Waals surface area contributed by atoms with E-state index in [9.17, 15) is 4.79 Å². The maximum atomic E-state index is 12.0. The molecule has 1 saturated carbocycles. The zero-order chi connectivity index (χ0) is 19.9. The molecule has 0 radical (unpaired) electrons. The minimum absolute atomic E-state index is 0.0600. The molecule has 1 fully saturated rings. The van der Waals surface area contributed by atoms with Crippen molar-refractivity contribution in [2.75, 3.05) is 12.3 Å². The Hall–Kier alpha value is -2.02. The molecule has 1 aliphatic rings. The highest BCUT2D eigenvalue weighted by Crippen LogP contribution is 2.27. The van der Waals surface area contributed by atoms with Gasteiger partial charge in [0, 0.05) is 13.1 Å². The lowest BCUT2D eigenvalue weighted by atomic mass is 10.2. The molecule has 0 atom stereocenters. The van der Waals surface area contributed by atoms with Gasteiger partial charge >= 0.3 is 0 Å². The van der Waals surface area contributed by atoms with E-state index in [1.54, 1.807) is 0 Å². The number of thioether (sulfide) groups is 1. The number of hydrogen-bond donors (Lipinski definition) is 1. The largest absolute Gasteiger partial charge is 0.486 e. The zero-order valence-electron chi connectivity index (χ0n) is 17.0. The molecular formula is C21H30N4O2S. The summed E-state index contributed by atoms with van der Waals surface area (Å²) in [5.41, 5.74) is 1.29. The molecule has 1 aliphatic carbocycles. The third-order valence-corrected chi connectivity index (χ3v) is 5.62. The van der Waals surface area contributed by atoms with Crippen LogP contribution in [0.3, 0.4) is 0 Å². The maximum absolute atomic E-state index is 12.0. The number of aryl methyl sites for hydroxylation is 1. The Balaban J connectivity index is 1.58. The van der Waals surface area contributed by atoms with Crippen LogP contribution in [0, 0.1) is 11.8 Å². The minimum Gasteiger partial charge on any atom is -0.486 e. The lowest BCUT2D eigenvalue weighted by Crippen LogP contribution is -2.27. The van der Waals surface area contributed by atoms with Crippen molar-refractivity contribution in [3.63, 3.8) is 0 Å². The summed E-state index contributed by atoms with van der Waals surface area (Å²) in [6.45, 7) is 8.41. The fraction of sp³-hybridized carbons (Fsp3) is 0.571. The quantitative estimate of drug-likeness (QED) is 0.581. The Kier molecular flexibility index (Phi) is 7.36. The minimum atomic E-state index is 0.0600. The summed E-state index contributed by atoms with van der Waals surface area (Å²) in [7, 11) is 0. The van der Waals surface area contributed by atoms with Gasteiger partial charge in [0.25, 0.3) is 0 Å². The summed E-state index contributed by atoms with van der Waals surface area (Å²) in [5, 5.41) is 12.4. The molecule has 7 heteroatoms. The van der Waals surface area contributed by atoms with Gasteiger partial charge in [0.2, 0.25) is 5.91 Å². The highest BCUT2D eigenvalue weighted by atomic mass is 32.2. The molecular weight excluding hydrogens is 372 g/mol. The highest BCUT2D eigenvalue weighted by molar-refractivity contribution is 7.99. The molecule has 0 spiro atoms. The average molecular weight is 403 g/mol. The molecule has 0 unspecified atom stereocenters. The summed E-state index contributed by atoms with van der Waals surface area (Å²) in [6, 6.07) is 8.13. The van der Waals surface area contributed by atoms with Gasteiger partial charge in [-0.25, -0.2) is 0 Å². The van der Waals surface area contributed by atoms with Crippen molar-refractivity contribution < 1.29 is 9.53 Å². The SMILES string of the molecule is CCc1ccc(OCc2nnc(SCC(=O)NCC3CC3)n2CC(C)C)cc1. The highest BCUT2D eigenvalue weighted by Gasteiger charge is 2.22. The van der Waals surface area contributed by atoms with E-state index in [0.29, 0.717) is 24.2 Å². The van der Waals surface area contributed by atoms with Gasteiger partial charge in [0.15, 0.2) is 11.0 Å². The Bertz CT molecular complexity index is 769. The molecule has 1 heterocycles. The van der Waals surface area contributed by atoms with Crippen molar-refractivity contribution in [1.82, 2.24) is 20.1 Å². The summed E-state index contributed by atoms with van der Waals surface area (Å²) in [6.07, 6.45) is 3.49. The number of nitrogens with zero attached hydrogens (tertiary/aromatic N) is 3. The summed E-state index contributed by atoms with van der Waals surface area (Å²) >= 11 is 1.44. The number of nitrogens with one attached hydrogen (secondary N) is 1. The Morgan fingerprint density at radius 1 is 1.29 bits per heavy atom. The van der Waals surface area contributed by atoms with Crippen LogP contribution in [-0.2, 0) is 24.4 Å². The number of hydrogen-bond acceptors (Lipinski definition) is 5. The predicted octanol–water partition coefficient (Wildman–Crippen LogP) is 3.69. The van der Waals surface area contributed by atoms with Crippen LogP contribution < -0.4 is 10.1 Å². The first-order valence-corrected chi connectivity index (χ1v) is 11.1. The van der Waals surface area contributed by atoms with E-state index in [1.807, 2.05) is 12.1 Å². The zero-order valence-corrected chi connectivity index (χ0v) is 17.8. The molecule has 1 aromatic heterocycles. The molecule has 0 bridgehead atoms. The van der Waals surface area contributed by atoms with Crippen molar-refractivity contribution in [3.05, 3.63) is 35.7 Å². The summed E-state index contributed by atoms with van der Waals surface area (Å²) in [5.74, 6) is 3.17. The van der Waals surface area contributed by atoms with Crippen LogP contribution in [0.5, 0.6) is 5.75 Å². The van der Waals surface area contributed by atoms with Crippen molar-refractivity contribution in [3.8, 4) is 5.75 Å². The van der Waals surface area contributed by atoms with Crippen LogP contribution >= 0.6 is 11.8 Å². The van der Waals surface area contributed by atoms with E-state index in [4.69, 9.17) is 4.74 Å². The van der Waals surface area contributed by atoms with Crippen molar-refractivity contribution in [2.24, 2.45) is 11.8 Å². The third-order valence-electron chi connectivity index (χ3n) is 4.66. The number of carbonyl (C=O) groups excluding carboxylic acids is 1. The smallest absolute Gasteiger partial charge is 0.230 e. The van der Waals surface area contributed by atoms with Crippen molar-refractivity contribution in [2.45, 2.75) is 58.3 Å². The normalized spacial score (nSPS) is 13.7. The van der Waals surface area contributed by atoms with Gasteiger partial charge in [-0.2, -0.15) is 0 Å². The molecule has 152 valence electrons. The van der Waals surface area contributed by atoms with E-state index in [0.717, 1.165) is 36.2 Å². The van der Waals surface area contributed by atoms with Gasteiger partial charge < -0.3 is 14.6 Å². The molecule has 1 amide bonds. The second kappa shape index (κ2) is 9.96. The van der Waals surface area contributed by atoms with Gasteiger partial charge in [-0.1, -0.05) is 44.7 Å². The molecule has 1 N–H and O–H groups in total. The van der Waals surface area contributed by atoms with Gasteiger partial charge in [0.1, 0.15) is 12.4 Å². The van der Waals surface area contributed by atoms with Crippen LogP contribution in [0.25, 0.3) is 0 Å². The maximum Gasteiger partial charge on any atom is 0.230 e. The first-order chi connectivity index (χ1) is 13.5. The Morgan fingerprint density at radius 2 is 2.04 bits per heavy atom. The fourth-order valence-corrected chi connectivity index (χ4v) is 3.61. The van der Waals surface area contributed by atoms with Crippen molar-refractivity contribution >= 4 is 17.7 Å². The third kappa shape index (κ3) is 6.26. The summed E-state index contributed by atoms with van der Waals surface area (Å²) < 4.78 is 7.99. The van der Waals surface area contributed by atoms with Gasteiger partial charge in [0.05, 0.1) is 5.75 Å². The molecule has 6 nitrogen and oxygen atoms in total. The first kappa shape index (κ1) is 20.7. The lowest BCUT2D eigenvalue weighted by molar-refractivity contribution is -0.118. The second-order valence-corrected chi connectivity index (χ2v) is 8.67. The molecule has 3 rings (SSSR count). The number of ether oxygens (including phenoxy) is 1. The topological polar surface area (TPSA) is 69.0 Å². The predicted molar refractivity (Wildman–Crippen MR) is 111 cm³/mol. The molecule has 0 aliphatic heterocycles. The molecule has 0 saturated heterocycles. The van der Waals surface area contributed by atoms with E-state index in [-0.39, 0.29) is 5.91 Å². The standard InChI is InChI=1S/C21H30N4O2S/c1-4-16-7-9-18(10-8-16)27-13-19-23-24-21(25(19)12-15(2)3)28-14-20(26)22-11-17-5-6-17/h7-10,15,17H,4-6,11-14H2,1-3H3,(H,22,26). The second-order valence-electron chi connectivity index (χ2n) is 7.73. The van der Waals surface area contributed by atoms with Crippen LogP contribution in [0.4, 0.5) is 0 Å². The van der Waals surface area contributed by atoms with E-state index in [1.165, 1.54) is 30.2 Å². The summed E-state index contributed by atoms with van der Waals surface area (Å²) in [4.78, 5) is 12.0. The van der Waals surface area contributed by atoms with Crippen LogP contribution in [0.15, 0.2) is 29.4 Å².